The van der Waals surface area contributed by atoms with E-state index in [0.717, 1.165) is 16.9 Å². The highest BCUT2D eigenvalue weighted by molar-refractivity contribution is 5.77. The minimum atomic E-state index is -0.503. The summed E-state index contributed by atoms with van der Waals surface area (Å²) in [7, 11) is 0. The van der Waals surface area contributed by atoms with Crippen LogP contribution in [0.5, 0.6) is 5.75 Å². The Balaban J connectivity index is 2.30. The van der Waals surface area contributed by atoms with Gasteiger partial charge < -0.3 is 4.74 Å². The van der Waals surface area contributed by atoms with Gasteiger partial charge in [0.05, 0.1) is 12.2 Å². The zero-order chi connectivity index (χ0) is 13.0. The van der Waals surface area contributed by atoms with Crippen LogP contribution in [0.3, 0.4) is 0 Å². The number of halogens is 1. The third kappa shape index (κ3) is 2.56. The van der Waals surface area contributed by atoms with Gasteiger partial charge in [-0.2, -0.15) is 0 Å². The Morgan fingerprint density at radius 1 is 1.11 bits per heavy atom. The summed E-state index contributed by atoms with van der Waals surface area (Å²) >= 11 is 0. The molecule has 0 saturated heterocycles. The first kappa shape index (κ1) is 12.3. The SMILES string of the molecule is CCOc1ccc(-c2ccc(C=O)c(F)c2)cc1. The molecule has 0 aromatic heterocycles. The van der Waals surface area contributed by atoms with Crippen LogP contribution in [0.1, 0.15) is 17.3 Å². The molecule has 0 fully saturated rings. The number of aldehydes is 1. The Hall–Kier alpha value is -2.16. The predicted octanol–water partition coefficient (Wildman–Crippen LogP) is 3.70. The van der Waals surface area contributed by atoms with Crippen LogP contribution in [0.25, 0.3) is 11.1 Å². The summed E-state index contributed by atoms with van der Waals surface area (Å²) in [5.41, 5.74) is 1.70. The van der Waals surface area contributed by atoms with Gasteiger partial charge in [0.15, 0.2) is 6.29 Å². The molecule has 0 unspecified atom stereocenters. The molecule has 0 saturated carbocycles. The first-order valence-corrected chi connectivity index (χ1v) is 5.72. The highest BCUT2D eigenvalue weighted by atomic mass is 19.1. The van der Waals surface area contributed by atoms with Crippen molar-refractivity contribution >= 4 is 6.29 Å². The van der Waals surface area contributed by atoms with Crippen molar-refractivity contribution in [3.63, 3.8) is 0 Å². The zero-order valence-corrected chi connectivity index (χ0v) is 10.0. The van der Waals surface area contributed by atoms with Crippen LogP contribution in [-0.4, -0.2) is 12.9 Å². The Bertz CT molecular complexity index is 547. The van der Waals surface area contributed by atoms with Crippen LogP contribution in [0.4, 0.5) is 4.39 Å². The smallest absolute Gasteiger partial charge is 0.152 e. The van der Waals surface area contributed by atoms with Crippen molar-refractivity contribution in [2.24, 2.45) is 0 Å². The average molecular weight is 244 g/mol. The average Bonchev–Trinajstić information content (AvgIpc) is 2.40. The van der Waals surface area contributed by atoms with Gasteiger partial charge in [0, 0.05) is 0 Å². The van der Waals surface area contributed by atoms with Crippen LogP contribution in [0.2, 0.25) is 0 Å². The Labute approximate surface area is 105 Å². The predicted molar refractivity (Wildman–Crippen MR) is 68.4 cm³/mol. The third-order valence-electron chi connectivity index (χ3n) is 2.63. The fourth-order valence-electron chi connectivity index (χ4n) is 1.71. The van der Waals surface area contributed by atoms with Gasteiger partial charge in [-0.3, -0.25) is 4.79 Å². The summed E-state index contributed by atoms with van der Waals surface area (Å²) in [4.78, 5) is 10.5. The second-order valence-corrected chi connectivity index (χ2v) is 3.81. The fraction of sp³-hybridized carbons (Fsp3) is 0.133. The summed E-state index contributed by atoms with van der Waals surface area (Å²) in [6.07, 6.45) is 0.511. The van der Waals surface area contributed by atoms with E-state index in [-0.39, 0.29) is 5.56 Å². The number of benzene rings is 2. The van der Waals surface area contributed by atoms with Gasteiger partial charge in [-0.15, -0.1) is 0 Å². The Morgan fingerprint density at radius 2 is 1.78 bits per heavy atom. The zero-order valence-electron chi connectivity index (χ0n) is 10.0. The van der Waals surface area contributed by atoms with Gasteiger partial charge in [-0.25, -0.2) is 4.39 Å². The fourth-order valence-corrected chi connectivity index (χ4v) is 1.71. The molecule has 2 aromatic carbocycles. The lowest BCUT2D eigenvalue weighted by atomic mass is 10.0. The number of hydrogen-bond donors (Lipinski definition) is 0. The minimum Gasteiger partial charge on any atom is -0.494 e. The van der Waals surface area contributed by atoms with Crippen LogP contribution in [0.15, 0.2) is 42.5 Å². The molecule has 92 valence electrons. The molecule has 0 aliphatic heterocycles. The molecule has 0 atom stereocenters. The van der Waals surface area contributed by atoms with Gasteiger partial charge in [-0.1, -0.05) is 18.2 Å². The maximum Gasteiger partial charge on any atom is 0.152 e. The summed E-state index contributed by atoms with van der Waals surface area (Å²) in [6, 6.07) is 12.0. The van der Waals surface area contributed by atoms with Crippen molar-refractivity contribution in [3.8, 4) is 16.9 Å². The summed E-state index contributed by atoms with van der Waals surface area (Å²) in [5, 5.41) is 0. The molecule has 0 amide bonds. The van der Waals surface area contributed by atoms with Crippen molar-refractivity contribution in [1.82, 2.24) is 0 Å². The van der Waals surface area contributed by atoms with E-state index in [2.05, 4.69) is 0 Å². The van der Waals surface area contributed by atoms with E-state index in [1.165, 1.54) is 12.1 Å². The van der Waals surface area contributed by atoms with Crippen molar-refractivity contribution in [2.45, 2.75) is 6.92 Å². The highest BCUT2D eigenvalue weighted by Crippen LogP contribution is 2.24. The van der Waals surface area contributed by atoms with Crippen LogP contribution >= 0.6 is 0 Å². The monoisotopic (exact) mass is 244 g/mol. The van der Waals surface area contributed by atoms with E-state index >= 15 is 0 Å². The van der Waals surface area contributed by atoms with E-state index in [0.29, 0.717) is 12.9 Å². The molecule has 0 heterocycles. The molecule has 0 spiro atoms. The summed E-state index contributed by atoms with van der Waals surface area (Å²) in [6.45, 7) is 2.53. The van der Waals surface area contributed by atoms with Gasteiger partial charge in [0.2, 0.25) is 0 Å². The van der Waals surface area contributed by atoms with Gasteiger partial charge >= 0.3 is 0 Å². The topological polar surface area (TPSA) is 26.3 Å². The second kappa shape index (κ2) is 5.45. The maximum absolute atomic E-state index is 13.5. The highest BCUT2D eigenvalue weighted by Gasteiger charge is 2.04. The number of hydrogen-bond acceptors (Lipinski definition) is 2. The second-order valence-electron chi connectivity index (χ2n) is 3.81. The maximum atomic E-state index is 13.5. The molecule has 0 N–H and O–H groups in total. The number of ether oxygens (including phenoxy) is 1. The van der Waals surface area contributed by atoms with Crippen LogP contribution in [0, 0.1) is 5.82 Å². The van der Waals surface area contributed by atoms with Crippen molar-refractivity contribution in [2.75, 3.05) is 6.61 Å². The van der Waals surface area contributed by atoms with E-state index in [1.54, 1.807) is 6.07 Å². The molecule has 0 radical (unpaired) electrons. The lowest BCUT2D eigenvalue weighted by molar-refractivity contribution is 0.112. The van der Waals surface area contributed by atoms with Crippen molar-refractivity contribution in [1.29, 1.82) is 0 Å². The molecule has 18 heavy (non-hydrogen) atoms. The first-order chi connectivity index (χ1) is 8.74. The van der Waals surface area contributed by atoms with Gasteiger partial charge in [0.1, 0.15) is 11.6 Å². The van der Waals surface area contributed by atoms with Crippen LogP contribution < -0.4 is 4.74 Å². The molecular formula is C15H13FO2. The van der Waals surface area contributed by atoms with E-state index in [1.807, 2.05) is 31.2 Å². The molecule has 2 aromatic rings. The molecule has 0 aliphatic carbocycles. The summed E-state index contributed by atoms with van der Waals surface area (Å²) in [5.74, 6) is 0.280. The largest absolute Gasteiger partial charge is 0.494 e. The molecule has 0 aliphatic rings. The molecule has 2 nitrogen and oxygen atoms in total. The number of rotatable bonds is 4. The lowest BCUT2D eigenvalue weighted by Gasteiger charge is -2.06. The standard InChI is InChI=1S/C15H13FO2/c1-2-18-14-7-5-11(6-8-14)12-3-4-13(10-17)15(16)9-12/h3-10H,2H2,1H3. The Morgan fingerprint density at radius 3 is 2.33 bits per heavy atom. The minimum absolute atomic E-state index is 0.0738. The first-order valence-electron chi connectivity index (χ1n) is 5.72. The number of carbonyl (C=O) groups is 1. The molecule has 0 bridgehead atoms. The molecule has 3 heteroatoms. The number of carbonyl (C=O) groups excluding carboxylic acids is 1. The van der Waals surface area contributed by atoms with E-state index in [9.17, 15) is 9.18 Å². The van der Waals surface area contributed by atoms with E-state index < -0.39 is 5.82 Å². The Kier molecular flexibility index (Phi) is 3.72. The van der Waals surface area contributed by atoms with Crippen LogP contribution in [-0.2, 0) is 0 Å². The van der Waals surface area contributed by atoms with Gasteiger partial charge in [-0.05, 0) is 42.3 Å². The lowest BCUT2D eigenvalue weighted by Crippen LogP contribution is -1.91. The van der Waals surface area contributed by atoms with Gasteiger partial charge in [0.25, 0.3) is 0 Å². The normalized spacial score (nSPS) is 10.1. The third-order valence-corrected chi connectivity index (χ3v) is 2.63. The van der Waals surface area contributed by atoms with Crippen molar-refractivity contribution in [3.05, 3.63) is 53.8 Å². The quantitative estimate of drug-likeness (QED) is 0.766. The van der Waals surface area contributed by atoms with Crippen molar-refractivity contribution < 1.29 is 13.9 Å². The van der Waals surface area contributed by atoms with E-state index in [4.69, 9.17) is 4.74 Å². The molecular weight excluding hydrogens is 231 g/mol. The molecule has 2 rings (SSSR count). The summed E-state index contributed by atoms with van der Waals surface area (Å²) < 4.78 is 18.8.